The number of pyridine rings is 1. The predicted molar refractivity (Wildman–Crippen MR) is 178 cm³/mol. The minimum atomic E-state index is 0.739. The summed E-state index contributed by atoms with van der Waals surface area (Å²) in [5.74, 6) is 0. The van der Waals surface area contributed by atoms with Crippen LogP contribution in [0, 0.1) is 0 Å². The zero-order valence-corrected chi connectivity index (χ0v) is 23.3. The van der Waals surface area contributed by atoms with Crippen LogP contribution in [0.5, 0.6) is 0 Å². The lowest BCUT2D eigenvalue weighted by Gasteiger charge is -2.26. The molecular formula is C39H22N2O3. The maximum atomic E-state index is 6.54. The highest BCUT2D eigenvalue weighted by molar-refractivity contribution is 6.20. The molecule has 0 saturated carbocycles. The smallest absolute Gasteiger partial charge is 0.155 e. The molecule has 10 rings (SSSR count). The van der Waals surface area contributed by atoms with Gasteiger partial charge in [0, 0.05) is 43.7 Å². The number of para-hydroxylation sites is 2. The summed E-state index contributed by atoms with van der Waals surface area (Å²) >= 11 is 0. The first-order valence-corrected chi connectivity index (χ1v) is 14.6. The van der Waals surface area contributed by atoms with Gasteiger partial charge in [-0.1, -0.05) is 66.7 Å². The van der Waals surface area contributed by atoms with Gasteiger partial charge in [-0.15, -0.1) is 0 Å². The van der Waals surface area contributed by atoms with Crippen molar-refractivity contribution in [3.63, 3.8) is 0 Å². The Kier molecular flexibility index (Phi) is 4.66. The third-order valence-electron chi connectivity index (χ3n) is 8.73. The van der Waals surface area contributed by atoms with Gasteiger partial charge in [0.05, 0.1) is 23.5 Å². The number of hydrogen-bond donors (Lipinski definition) is 0. The van der Waals surface area contributed by atoms with E-state index in [1.54, 1.807) is 0 Å². The van der Waals surface area contributed by atoms with Crippen molar-refractivity contribution in [1.29, 1.82) is 0 Å². The van der Waals surface area contributed by atoms with Crippen molar-refractivity contribution < 1.29 is 13.3 Å². The Labute approximate surface area is 250 Å². The Balaban J connectivity index is 1.30. The van der Waals surface area contributed by atoms with Crippen LogP contribution < -0.4 is 4.90 Å². The van der Waals surface area contributed by atoms with Crippen molar-refractivity contribution in [1.82, 2.24) is 4.98 Å². The van der Waals surface area contributed by atoms with E-state index in [1.165, 1.54) is 0 Å². The Hall–Kier alpha value is -6.07. The summed E-state index contributed by atoms with van der Waals surface area (Å²) in [6.45, 7) is 0. The molecule has 4 aromatic heterocycles. The zero-order chi connectivity index (χ0) is 28.8. The fraction of sp³-hybridized carbons (Fsp3) is 0. The molecule has 0 N–H and O–H groups in total. The quantitative estimate of drug-likeness (QED) is 0.213. The number of rotatable bonds is 3. The normalized spacial score (nSPS) is 12.1. The van der Waals surface area contributed by atoms with E-state index in [0.717, 1.165) is 93.7 Å². The highest BCUT2D eigenvalue weighted by atomic mass is 16.3. The van der Waals surface area contributed by atoms with Gasteiger partial charge >= 0.3 is 0 Å². The molecule has 6 aromatic carbocycles. The van der Waals surface area contributed by atoms with Gasteiger partial charge in [0.2, 0.25) is 0 Å². The summed E-state index contributed by atoms with van der Waals surface area (Å²) < 4.78 is 18.9. The largest absolute Gasteiger partial charge is 0.456 e. The van der Waals surface area contributed by atoms with Gasteiger partial charge in [-0.2, -0.15) is 0 Å². The second-order valence-electron chi connectivity index (χ2n) is 11.2. The summed E-state index contributed by atoms with van der Waals surface area (Å²) in [6.07, 6.45) is 3.74. The SMILES string of the molecule is c1ccc2c(c1)ccc1c2oc2cncc(N(c3ccc4oc5ccccc5c4c3)c3ccc4oc5ccccc5c4c3)c21. The van der Waals surface area contributed by atoms with Crippen molar-refractivity contribution in [3.05, 3.63) is 134 Å². The molecule has 0 bridgehead atoms. The third-order valence-corrected chi connectivity index (χ3v) is 8.73. The van der Waals surface area contributed by atoms with Gasteiger partial charge in [0.25, 0.3) is 0 Å². The van der Waals surface area contributed by atoms with Crippen LogP contribution in [-0.2, 0) is 0 Å². The van der Waals surface area contributed by atoms with E-state index < -0.39 is 0 Å². The third kappa shape index (κ3) is 3.26. The molecule has 0 fully saturated rings. The van der Waals surface area contributed by atoms with E-state index in [1.807, 2.05) is 48.8 Å². The number of nitrogens with zero attached hydrogens (tertiary/aromatic N) is 2. The molecule has 0 saturated heterocycles. The first-order chi connectivity index (χ1) is 21.8. The number of hydrogen-bond acceptors (Lipinski definition) is 5. The average molecular weight is 567 g/mol. The van der Waals surface area contributed by atoms with Gasteiger partial charge in [0.15, 0.2) is 5.58 Å². The highest BCUT2D eigenvalue weighted by Crippen LogP contribution is 2.46. The minimum absolute atomic E-state index is 0.739. The molecule has 0 unspecified atom stereocenters. The standard InChI is InChI=1S/C39H22N2O3/c1-2-8-26-23(7-1)13-16-29-38-32(21-40-22-37(38)44-39(26)29)41(24-14-17-35-30(19-24)27-9-3-5-11-33(27)42-35)25-15-18-36-31(20-25)28-10-4-6-12-34(28)43-36/h1-22H. The molecule has 206 valence electrons. The molecule has 0 aliphatic rings. The minimum Gasteiger partial charge on any atom is -0.456 e. The summed E-state index contributed by atoms with van der Waals surface area (Å²) in [5.41, 5.74) is 7.94. The Morgan fingerprint density at radius 1 is 0.432 bits per heavy atom. The van der Waals surface area contributed by atoms with Crippen LogP contribution in [0.4, 0.5) is 17.1 Å². The van der Waals surface area contributed by atoms with Gasteiger partial charge in [0.1, 0.15) is 27.9 Å². The second-order valence-corrected chi connectivity index (χ2v) is 11.2. The molecule has 5 heteroatoms. The molecule has 0 radical (unpaired) electrons. The van der Waals surface area contributed by atoms with Crippen LogP contribution in [0.2, 0.25) is 0 Å². The molecule has 10 aromatic rings. The monoisotopic (exact) mass is 566 g/mol. The summed E-state index contributed by atoms with van der Waals surface area (Å²) in [7, 11) is 0. The second kappa shape index (κ2) is 8.72. The van der Waals surface area contributed by atoms with Crippen molar-refractivity contribution in [2.45, 2.75) is 0 Å². The van der Waals surface area contributed by atoms with Crippen LogP contribution in [0.15, 0.2) is 147 Å². The fourth-order valence-electron chi connectivity index (χ4n) is 6.74. The van der Waals surface area contributed by atoms with E-state index in [4.69, 9.17) is 18.2 Å². The topological polar surface area (TPSA) is 55.6 Å². The van der Waals surface area contributed by atoms with Crippen molar-refractivity contribution >= 4 is 93.7 Å². The number of aromatic nitrogens is 1. The number of benzene rings is 6. The molecule has 0 aliphatic heterocycles. The van der Waals surface area contributed by atoms with E-state index in [9.17, 15) is 0 Å². The predicted octanol–water partition coefficient (Wildman–Crippen LogP) is 11.4. The molecule has 4 heterocycles. The van der Waals surface area contributed by atoms with E-state index in [0.29, 0.717) is 0 Å². The number of furan rings is 3. The summed E-state index contributed by atoms with van der Waals surface area (Å²) in [6, 6.07) is 41.7. The molecular weight excluding hydrogens is 544 g/mol. The number of fused-ring (bicyclic) bond motifs is 11. The van der Waals surface area contributed by atoms with Crippen LogP contribution >= 0.6 is 0 Å². The molecule has 0 aliphatic carbocycles. The van der Waals surface area contributed by atoms with Crippen LogP contribution in [0.25, 0.3) is 76.6 Å². The Morgan fingerprint density at radius 3 is 1.70 bits per heavy atom. The molecule has 0 amide bonds. The molecule has 0 atom stereocenters. The Morgan fingerprint density at radius 2 is 1.02 bits per heavy atom. The summed E-state index contributed by atoms with van der Waals surface area (Å²) in [5, 5.41) is 8.55. The Bertz CT molecular complexity index is 2630. The fourth-order valence-corrected chi connectivity index (χ4v) is 6.74. The molecule has 44 heavy (non-hydrogen) atoms. The lowest BCUT2D eigenvalue weighted by molar-refractivity contribution is 0.668. The van der Waals surface area contributed by atoms with Crippen molar-refractivity contribution in [3.8, 4) is 0 Å². The average Bonchev–Trinajstić information content (AvgIpc) is 3.76. The first-order valence-electron chi connectivity index (χ1n) is 14.6. The first kappa shape index (κ1) is 23.5. The van der Waals surface area contributed by atoms with Crippen LogP contribution in [0.3, 0.4) is 0 Å². The maximum Gasteiger partial charge on any atom is 0.155 e. The lowest BCUT2D eigenvalue weighted by atomic mass is 10.0. The van der Waals surface area contributed by atoms with Gasteiger partial charge in [-0.05, 0) is 60.0 Å². The maximum absolute atomic E-state index is 6.54. The van der Waals surface area contributed by atoms with E-state index in [2.05, 4.69) is 89.8 Å². The van der Waals surface area contributed by atoms with E-state index in [-0.39, 0.29) is 0 Å². The van der Waals surface area contributed by atoms with Gasteiger partial charge in [-0.25, -0.2) is 0 Å². The lowest BCUT2D eigenvalue weighted by Crippen LogP contribution is -2.10. The van der Waals surface area contributed by atoms with E-state index >= 15 is 0 Å². The van der Waals surface area contributed by atoms with Crippen LogP contribution in [-0.4, -0.2) is 4.98 Å². The molecule has 5 nitrogen and oxygen atoms in total. The number of anilines is 3. The van der Waals surface area contributed by atoms with Gasteiger partial charge in [-0.3, -0.25) is 4.98 Å². The van der Waals surface area contributed by atoms with Gasteiger partial charge < -0.3 is 18.2 Å². The van der Waals surface area contributed by atoms with Crippen molar-refractivity contribution in [2.75, 3.05) is 4.90 Å². The molecule has 0 spiro atoms. The highest BCUT2D eigenvalue weighted by Gasteiger charge is 2.22. The summed E-state index contributed by atoms with van der Waals surface area (Å²) in [4.78, 5) is 6.96. The van der Waals surface area contributed by atoms with Crippen LogP contribution in [0.1, 0.15) is 0 Å². The zero-order valence-electron chi connectivity index (χ0n) is 23.3. The van der Waals surface area contributed by atoms with Crippen molar-refractivity contribution in [2.24, 2.45) is 0 Å².